The Morgan fingerprint density at radius 3 is 3.28 bits per heavy atom. The van der Waals surface area contributed by atoms with E-state index in [0.29, 0.717) is 30.1 Å². The quantitative estimate of drug-likeness (QED) is 0.878. The van der Waals surface area contributed by atoms with Crippen molar-refractivity contribution in [2.24, 2.45) is 0 Å². The van der Waals surface area contributed by atoms with Crippen LogP contribution in [-0.4, -0.2) is 40.7 Å². The van der Waals surface area contributed by atoms with Crippen LogP contribution in [0, 0.1) is 0 Å². The van der Waals surface area contributed by atoms with Crippen molar-refractivity contribution in [3.8, 4) is 11.6 Å². The van der Waals surface area contributed by atoms with Crippen LogP contribution in [0.2, 0.25) is 0 Å². The van der Waals surface area contributed by atoms with Crippen LogP contribution in [0.3, 0.4) is 0 Å². The molecule has 2 aromatic rings. The highest BCUT2D eigenvalue weighted by atomic mass is 16.5. The summed E-state index contributed by atoms with van der Waals surface area (Å²) in [6, 6.07) is 4.14. The van der Waals surface area contributed by atoms with E-state index in [4.69, 9.17) is 8.94 Å². The topological polar surface area (TPSA) is 67.3 Å². The van der Waals surface area contributed by atoms with Gasteiger partial charge in [-0.15, -0.1) is 0 Å². The number of nitrogens with one attached hydrogen (secondary N) is 1. The molecule has 1 N–H and O–H groups in total. The van der Waals surface area contributed by atoms with E-state index in [1.807, 2.05) is 12.1 Å². The van der Waals surface area contributed by atoms with Gasteiger partial charge < -0.3 is 14.3 Å². The van der Waals surface area contributed by atoms with E-state index < -0.39 is 0 Å². The van der Waals surface area contributed by atoms with Crippen molar-refractivity contribution >= 4 is 0 Å². The maximum Gasteiger partial charge on any atom is 0.241 e. The van der Waals surface area contributed by atoms with Crippen LogP contribution in [-0.2, 0) is 6.54 Å². The van der Waals surface area contributed by atoms with Crippen LogP contribution in [0.15, 0.2) is 27.3 Å². The summed E-state index contributed by atoms with van der Waals surface area (Å²) in [5, 5.41) is 7.32. The molecule has 0 radical (unpaired) electrons. The van der Waals surface area contributed by atoms with Gasteiger partial charge in [-0.25, -0.2) is 0 Å². The minimum Gasteiger partial charge on any atom is -0.461 e. The van der Waals surface area contributed by atoms with E-state index in [0.717, 1.165) is 19.6 Å². The fourth-order valence-electron chi connectivity index (χ4n) is 2.17. The Morgan fingerprint density at radius 1 is 1.56 bits per heavy atom. The smallest absolute Gasteiger partial charge is 0.241 e. The van der Waals surface area contributed by atoms with Crippen LogP contribution in [0.5, 0.6) is 0 Å². The molecule has 96 valence electrons. The minimum absolute atomic E-state index is 0.506. The van der Waals surface area contributed by atoms with Crippen LogP contribution >= 0.6 is 0 Å². The van der Waals surface area contributed by atoms with Gasteiger partial charge in [-0.3, -0.25) is 4.90 Å². The zero-order valence-corrected chi connectivity index (χ0v) is 10.3. The van der Waals surface area contributed by atoms with Crippen LogP contribution in [0.25, 0.3) is 11.6 Å². The number of nitrogens with zero attached hydrogens (tertiary/aromatic N) is 3. The predicted molar refractivity (Wildman–Crippen MR) is 64.7 cm³/mol. The monoisotopic (exact) mass is 248 g/mol. The Balaban J connectivity index is 1.66. The van der Waals surface area contributed by atoms with Crippen LogP contribution in [0.1, 0.15) is 12.8 Å². The molecule has 3 heterocycles. The normalized spacial score (nSPS) is 21.3. The summed E-state index contributed by atoms with van der Waals surface area (Å²) in [6.45, 7) is 5.87. The van der Waals surface area contributed by atoms with Gasteiger partial charge in [-0.05, 0) is 19.1 Å². The Labute approximate surface area is 105 Å². The Bertz CT molecular complexity index is 494. The Hall–Kier alpha value is -1.66. The van der Waals surface area contributed by atoms with Crippen molar-refractivity contribution < 1.29 is 8.94 Å². The molecule has 0 unspecified atom stereocenters. The first-order valence-electron chi connectivity index (χ1n) is 6.13. The van der Waals surface area contributed by atoms with E-state index in [1.165, 1.54) is 0 Å². The fourth-order valence-corrected chi connectivity index (χ4v) is 2.17. The van der Waals surface area contributed by atoms with Gasteiger partial charge in [0.1, 0.15) is 0 Å². The molecule has 3 rings (SSSR count). The van der Waals surface area contributed by atoms with Gasteiger partial charge in [-0.2, -0.15) is 4.98 Å². The SMILES string of the molecule is C[C@@H]1CN(Cc2nc(-c3ccco3)no2)CCN1. The summed E-state index contributed by atoms with van der Waals surface area (Å²) in [5.41, 5.74) is 0. The first kappa shape index (κ1) is 11.4. The molecular formula is C12H16N4O2. The lowest BCUT2D eigenvalue weighted by molar-refractivity contribution is 0.177. The highest BCUT2D eigenvalue weighted by Crippen LogP contribution is 2.16. The van der Waals surface area contributed by atoms with E-state index >= 15 is 0 Å². The lowest BCUT2D eigenvalue weighted by Gasteiger charge is -2.30. The second kappa shape index (κ2) is 4.91. The molecule has 0 saturated carbocycles. The molecule has 6 heteroatoms. The number of furan rings is 1. The maximum absolute atomic E-state index is 5.24. The number of aromatic nitrogens is 2. The van der Waals surface area contributed by atoms with Gasteiger partial charge >= 0.3 is 0 Å². The summed E-state index contributed by atoms with van der Waals surface area (Å²) >= 11 is 0. The molecule has 1 saturated heterocycles. The fraction of sp³-hybridized carbons (Fsp3) is 0.500. The molecule has 6 nitrogen and oxygen atoms in total. The second-order valence-corrected chi connectivity index (χ2v) is 4.58. The zero-order valence-electron chi connectivity index (χ0n) is 10.3. The summed E-state index contributed by atoms with van der Waals surface area (Å²) in [6.07, 6.45) is 1.60. The van der Waals surface area contributed by atoms with Crippen LogP contribution < -0.4 is 5.32 Å². The molecular weight excluding hydrogens is 232 g/mol. The predicted octanol–water partition coefficient (Wildman–Crippen LogP) is 1.12. The standard InChI is InChI=1S/C12H16N4O2/c1-9-7-16(5-4-13-9)8-11-14-12(15-18-11)10-3-2-6-17-10/h2-3,6,9,13H,4-5,7-8H2,1H3/t9-/m1/s1. The van der Waals surface area contributed by atoms with E-state index in [-0.39, 0.29) is 0 Å². The zero-order chi connectivity index (χ0) is 12.4. The summed E-state index contributed by atoms with van der Waals surface area (Å²) in [7, 11) is 0. The van der Waals surface area contributed by atoms with Crippen molar-refractivity contribution in [2.45, 2.75) is 19.5 Å². The first-order valence-corrected chi connectivity index (χ1v) is 6.13. The molecule has 0 bridgehead atoms. The van der Waals surface area contributed by atoms with Gasteiger partial charge in [0.05, 0.1) is 12.8 Å². The summed E-state index contributed by atoms with van der Waals surface area (Å²) < 4.78 is 10.5. The maximum atomic E-state index is 5.24. The highest BCUT2D eigenvalue weighted by molar-refractivity contribution is 5.44. The van der Waals surface area contributed by atoms with E-state index in [9.17, 15) is 0 Å². The number of rotatable bonds is 3. The molecule has 0 aliphatic carbocycles. The van der Waals surface area contributed by atoms with Crippen molar-refractivity contribution in [1.82, 2.24) is 20.4 Å². The molecule has 1 fully saturated rings. The van der Waals surface area contributed by atoms with Gasteiger partial charge in [-0.1, -0.05) is 5.16 Å². The van der Waals surface area contributed by atoms with Crippen molar-refractivity contribution in [2.75, 3.05) is 19.6 Å². The Kier molecular flexibility index (Phi) is 3.12. The lowest BCUT2D eigenvalue weighted by atomic mass is 10.2. The molecule has 0 spiro atoms. The summed E-state index contributed by atoms with van der Waals surface area (Å²) in [4.78, 5) is 6.64. The molecule has 2 aromatic heterocycles. The first-order chi connectivity index (χ1) is 8.81. The van der Waals surface area contributed by atoms with Crippen molar-refractivity contribution in [3.63, 3.8) is 0 Å². The molecule has 1 aliphatic heterocycles. The molecule has 0 aromatic carbocycles. The third-order valence-electron chi connectivity index (χ3n) is 3.02. The molecule has 1 aliphatic rings. The molecule has 18 heavy (non-hydrogen) atoms. The van der Waals surface area contributed by atoms with E-state index in [2.05, 4.69) is 27.3 Å². The lowest BCUT2D eigenvalue weighted by Crippen LogP contribution is -2.48. The number of piperazine rings is 1. The van der Waals surface area contributed by atoms with E-state index in [1.54, 1.807) is 6.26 Å². The van der Waals surface area contributed by atoms with Gasteiger partial charge in [0.25, 0.3) is 0 Å². The average Bonchev–Trinajstić information content (AvgIpc) is 2.98. The largest absolute Gasteiger partial charge is 0.461 e. The average molecular weight is 248 g/mol. The Morgan fingerprint density at radius 2 is 2.50 bits per heavy atom. The molecule has 1 atom stereocenters. The minimum atomic E-state index is 0.506. The summed E-state index contributed by atoms with van der Waals surface area (Å²) in [5.74, 6) is 1.78. The second-order valence-electron chi connectivity index (χ2n) is 4.58. The van der Waals surface area contributed by atoms with Crippen LogP contribution in [0.4, 0.5) is 0 Å². The third-order valence-corrected chi connectivity index (χ3v) is 3.02. The number of hydrogen-bond donors (Lipinski definition) is 1. The highest BCUT2D eigenvalue weighted by Gasteiger charge is 2.19. The van der Waals surface area contributed by atoms with Gasteiger partial charge in [0.15, 0.2) is 5.76 Å². The van der Waals surface area contributed by atoms with Crippen molar-refractivity contribution in [3.05, 3.63) is 24.3 Å². The van der Waals surface area contributed by atoms with Crippen molar-refractivity contribution in [1.29, 1.82) is 0 Å². The molecule has 0 amide bonds. The third kappa shape index (κ3) is 2.44. The number of hydrogen-bond acceptors (Lipinski definition) is 6. The van der Waals surface area contributed by atoms with Gasteiger partial charge in [0, 0.05) is 25.7 Å². The van der Waals surface area contributed by atoms with Gasteiger partial charge in [0.2, 0.25) is 11.7 Å².